The molecule has 0 aliphatic heterocycles. The van der Waals surface area contributed by atoms with Crippen molar-refractivity contribution in [1.29, 1.82) is 0 Å². The molecule has 1 atom stereocenters. The molecule has 0 saturated carbocycles. The van der Waals surface area contributed by atoms with Crippen LogP contribution in [0.1, 0.15) is 27.7 Å². The van der Waals surface area contributed by atoms with Crippen LogP contribution in [0.15, 0.2) is 0 Å². The van der Waals surface area contributed by atoms with Gasteiger partial charge in [0.15, 0.2) is 0 Å². The van der Waals surface area contributed by atoms with E-state index in [1.807, 2.05) is 0 Å². The predicted octanol–water partition coefficient (Wildman–Crippen LogP) is 0.690. The summed E-state index contributed by atoms with van der Waals surface area (Å²) in [6.07, 6.45) is 0. The van der Waals surface area contributed by atoms with E-state index in [9.17, 15) is 14.4 Å². The van der Waals surface area contributed by atoms with Gasteiger partial charge in [-0.2, -0.15) is 0 Å². The van der Waals surface area contributed by atoms with Crippen molar-refractivity contribution < 1.29 is 24.2 Å². The Hall–Kier alpha value is -1.79. The van der Waals surface area contributed by atoms with Gasteiger partial charge in [0, 0.05) is 6.54 Å². The molecule has 0 aromatic heterocycles. The van der Waals surface area contributed by atoms with Crippen LogP contribution in [0.4, 0.5) is 4.79 Å². The van der Waals surface area contributed by atoms with Crippen molar-refractivity contribution in [3.8, 4) is 0 Å². The molecule has 19 heavy (non-hydrogen) atoms. The second-order valence-corrected chi connectivity index (χ2v) is 5.18. The van der Waals surface area contributed by atoms with Crippen molar-refractivity contribution in [2.24, 2.45) is 5.41 Å². The normalized spacial score (nSPS) is 12.5. The van der Waals surface area contributed by atoms with Crippen LogP contribution in [0.3, 0.4) is 0 Å². The Morgan fingerprint density at radius 1 is 1.32 bits per heavy atom. The number of nitrogens with one attached hydrogen (secondary N) is 1. The lowest BCUT2D eigenvalue weighted by Gasteiger charge is -2.30. The molecule has 2 N–H and O–H groups in total. The number of hydrogen-bond donors (Lipinski definition) is 2. The summed E-state index contributed by atoms with van der Waals surface area (Å²) < 4.78 is 4.48. The molecular weight excluding hydrogens is 252 g/mol. The molecule has 0 spiro atoms. The quantitative estimate of drug-likeness (QED) is 0.719. The maximum absolute atomic E-state index is 11.9. The number of carbonyl (C=O) groups is 3. The molecule has 0 aromatic carbocycles. The first-order valence-corrected chi connectivity index (χ1v) is 5.98. The van der Waals surface area contributed by atoms with Crippen LogP contribution in [0.5, 0.6) is 0 Å². The molecule has 0 bridgehead atoms. The summed E-state index contributed by atoms with van der Waals surface area (Å²) in [4.78, 5) is 35.4. The number of methoxy groups -OCH3 is 1. The average Bonchev–Trinajstić information content (AvgIpc) is 2.30. The number of likely N-dealkylation sites (N-methyl/N-ethyl adjacent to an activating group) is 1. The van der Waals surface area contributed by atoms with E-state index in [4.69, 9.17) is 5.11 Å². The van der Waals surface area contributed by atoms with Crippen molar-refractivity contribution in [2.75, 3.05) is 20.2 Å². The van der Waals surface area contributed by atoms with Crippen LogP contribution in [-0.2, 0) is 14.3 Å². The molecule has 2 amide bonds. The fraction of sp³-hybridized carbons (Fsp3) is 0.750. The van der Waals surface area contributed by atoms with E-state index >= 15 is 0 Å². The number of amides is 2. The summed E-state index contributed by atoms with van der Waals surface area (Å²) in [5.41, 5.74) is -0.633. The number of carboxylic acid groups (broad SMARTS) is 1. The number of hydrogen-bond acceptors (Lipinski definition) is 4. The van der Waals surface area contributed by atoms with Gasteiger partial charge >= 0.3 is 18.0 Å². The molecule has 0 radical (unpaired) electrons. The first-order valence-electron chi connectivity index (χ1n) is 5.98. The topological polar surface area (TPSA) is 95.9 Å². The standard InChI is InChI=1S/C12H22N2O5/c1-6-14(7-8(15)19-5)11(18)13-9(10(16)17)12(2,3)4/h9H,6-7H2,1-5H3,(H,13,18)(H,16,17)/t9-/m0/s1. The summed E-state index contributed by atoms with van der Waals surface area (Å²) in [6, 6.07) is -1.64. The highest BCUT2D eigenvalue weighted by molar-refractivity contribution is 5.85. The summed E-state index contributed by atoms with van der Waals surface area (Å²) in [6.45, 7) is 6.89. The lowest BCUT2D eigenvalue weighted by atomic mass is 9.87. The maximum atomic E-state index is 11.9. The number of aliphatic carboxylic acids is 1. The Labute approximate surface area is 112 Å². The third kappa shape index (κ3) is 5.58. The van der Waals surface area contributed by atoms with Crippen LogP contribution in [0.2, 0.25) is 0 Å². The summed E-state index contributed by atoms with van der Waals surface area (Å²) >= 11 is 0. The molecular formula is C12H22N2O5. The Morgan fingerprint density at radius 2 is 1.84 bits per heavy atom. The Morgan fingerprint density at radius 3 is 2.16 bits per heavy atom. The van der Waals surface area contributed by atoms with Crippen molar-refractivity contribution in [3.05, 3.63) is 0 Å². The Bertz CT molecular complexity index is 349. The smallest absolute Gasteiger partial charge is 0.326 e. The van der Waals surface area contributed by atoms with Gasteiger partial charge < -0.3 is 20.1 Å². The highest BCUT2D eigenvalue weighted by Crippen LogP contribution is 2.19. The van der Waals surface area contributed by atoms with E-state index < -0.39 is 29.4 Å². The van der Waals surface area contributed by atoms with Crippen molar-refractivity contribution in [2.45, 2.75) is 33.7 Å². The summed E-state index contributed by atoms with van der Waals surface area (Å²) in [7, 11) is 1.23. The van der Waals surface area contributed by atoms with Crippen LogP contribution in [-0.4, -0.2) is 54.2 Å². The number of esters is 1. The molecule has 0 unspecified atom stereocenters. The van der Waals surface area contributed by atoms with Crippen LogP contribution in [0.25, 0.3) is 0 Å². The van der Waals surface area contributed by atoms with E-state index in [1.165, 1.54) is 12.0 Å². The Kier molecular flexibility index (Phi) is 6.31. The lowest BCUT2D eigenvalue weighted by Crippen LogP contribution is -2.54. The van der Waals surface area contributed by atoms with Gasteiger partial charge in [0.25, 0.3) is 0 Å². The molecule has 0 heterocycles. The molecule has 0 saturated heterocycles. The minimum atomic E-state index is -1.12. The van der Waals surface area contributed by atoms with Crippen LogP contribution >= 0.6 is 0 Å². The molecule has 110 valence electrons. The van der Waals surface area contributed by atoms with E-state index in [0.717, 1.165) is 0 Å². The number of carbonyl (C=O) groups excluding carboxylic acids is 2. The molecule has 7 heteroatoms. The molecule has 0 aromatic rings. The molecule has 0 fully saturated rings. The van der Waals surface area contributed by atoms with Crippen molar-refractivity contribution >= 4 is 18.0 Å². The van der Waals surface area contributed by atoms with Gasteiger partial charge in [0.1, 0.15) is 12.6 Å². The predicted molar refractivity (Wildman–Crippen MR) is 68.7 cm³/mol. The number of ether oxygens (including phenoxy) is 1. The second-order valence-electron chi connectivity index (χ2n) is 5.18. The fourth-order valence-corrected chi connectivity index (χ4v) is 1.41. The average molecular weight is 274 g/mol. The SMILES string of the molecule is CCN(CC(=O)OC)C(=O)N[C@@H](C(=O)O)C(C)(C)C. The zero-order valence-electron chi connectivity index (χ0n) is 12.0. The van der Waals surface area contributed by atoms with E-state index in [0.29, 0.717) is 0 Å². The number of rotatable bonds is 5. The molecule has 0 aliphatic carbocycles. The summed E-state index contributed by atoms with van der Waals surface area (Å²) in [5, 5.41) is 11.5. The number of carboxylic acids is 1. The van der Waals surface area contributed by atoms with Gasteiger partial charge in [-0.3, -0.25) is 4.79 Å². The van der Waals surface area contributed by atoms with Crippen molar-refractivity contribution in [1.82, 2.24) is 10.2 Å². The fourth-order valence-electron chi connectivity index (χ4n) is 1.41. The lowest BCUT2D eigenvalue weighted by molar-refractivity contribution is -0.142. The van der Waals surface area contributed by atoms with Gasteiger partial charge in [-0.05, 0) is 12.3 Å². The maximum Gasteiger partial charge on any atom is 0.326 e. The largest absolute Gasteiger partial charge is 0.480 e. The molecule has 0 aliphatic rings. The summed E-state index contributed by atoms with van der Waals surface area (Å²) in [5.74, 6) is -1.67. The second kappa shape index (κ2) is 6.96. The first kappa shape index (κ1) is 17.2. The van der Waals surface area contributed by atoms with E-state index in [-0.39, 0.29) is 13.1 Å². The number of urea groups is 1. The van der Waals surface area contributed by atoms with Gasteiger partial charge in [0.2, 0.25) is 0 Å². The highest BCUT2D eigenvalue weighted by Gasteiger charge is 2.33. The third-order valence-electron chi connectivity index (χ3n) is 2.60. The van der Waals surface area contributed by atoms with Gasteiger partial charge in [-0.1, -0.05) is 20.8 Å². The van der Waals surface area contributed by atoms with E-state index in [2.05, 4.69) is 10.1 Å². The number of nitrogens with zero attached hydrogens (tertiary/aromatic N) is 1. The van der Waals surface area contributed by atoms with Gasteiger partial charge in [0.05, 0.1) is 7.11 Å². The zero-order chi connectivity index (χ0) is 15.2. The van der Waals surface area contributed by atoms with E-state index in [1.54, 1.807) is 27.7 Å². The minimum absolute atomic E-state index is 0.213. The Balaban J connectivity index is 4.79. The monoisotopic (exact) mass is 274 g/mol. The van der Waals surface area contributed by atoms with Crippen LogP contribution in [0, 0.1) is 5.41 Å². The van der Waals surface area contributed by atoms with Crippen LogP contribution < -0.4 is 5.32 Å². The minimum Gasteiger partial charge on any atom is -0.480 e. The van der Waals surface area contributed by atoms with Gasteiger partial charge in [-0.25, -0.2) is 9.59 Å². The zero-order valence-corrected chi connectivity index (χ0v) is 12.0. The third-order valence-corrected chi connectivity index (χ3v) is 2.60. The van der Waals surface area contributed by atoms with Crippen molar-refractivity contribution in [3.63, 3.8) is 0 Å². The van der Waals surface area contributed by atoms with Gasteiger partial charge in [-0.15, -0.1) is 0 Å². The molecule has 0 rings (SSSR count). The highest BCUT2D eigenvalue weighted by atomic mass is 16.5. The molecule has 7 nitrogen and oxygen atoms in total. The first-order chi connectivity index (χ1) is 8.63.